The van der Waals surface area contributed by atoms with Crippen LogP contribution in [0.1, 0.15) is 30.7 Å². The lowest BCUT2D eigenvalue weighted by atomic mass is 10.1. The van der Waals surface area contributed by atoms with E-state index in [1.54, 1.807) is 24.3 Å². The molecule has 1 amide bonds. The van der Waals surface area contributed by atoms with Gasteiger partial charge in [-0.2, -0.15) is 9.29 Å². The molecule has 4 rings (SSSR count). The van der Waals surface area contributed by atoms with Gasteiger partial charge in [-0.05, 0) is 49.1 Å². The third kappa shape index (κ3) is 5.47. The predicted molar refractivity (Wildman–Crippen MR) is 125 cm³/mol. The summed E-state index contributed by atoms with van der Waals surface area (Å²) in [5, 5.41) is 7.21. The number of nitrogens with zero attached hydrogens (tertiary/aromatic N) is 3. The smallest absolute Gasteiger partial charge is 0.252 e. The number of halogens is 1. The second-order valence-corrected chi connectivity index (χ2v) is 10.3. The summed E-state index contributed by atoms with van der Waals surface area (Å²) in [6.45, 7) is 0.783. The summed E-state index contributed by atoms with van der Waals surface area (Å²) >= 11 is 5.95. The summed E-state index contributed by atoms with van der Waals surface area (Å²) in [7, 11) is -2.43. The number of carbonyl (C=O) groups excluding carboxylic acids is 1. The Morgan fingerprint density at radius 3 is 2.59 bits per heavy atom. The van der Waals surface area contributed by atoms with Crippen molar-refractivity contribution in [2.45, 2.75) is 43.4 Å². The van der Waals surface area contributed by atoms with Crippen LogP contribution in [0.15, 0.2) is 57.9 Å². The fraction of sp³-hybridized carbons (Fsp3) is 0.348. The predicted octanol–water partition coefficient (Wildman–Crippen LogP) is 3.40. The Hall–Kier alpha value is -2.79. The topological polar surface area (TPSA) is 115 Å². The molecule has 0 aliphatic carbocycles. The number of nitrogens with one attached hydrogen (secondary N) is 1. The second kappa shape index (κ2) is 10.6. The second-order valence-electron chi connectivity index (χ2n) is 7.95. The minimum absolute atomic E-state index is 0.0322. The van der Waals surface area contributed by atoms with Crippen molar-refractivity contribution in [2.24, 2.45) is 0 Å². The molecule has 9 nitrogen and oxygen atoms in total. The molecule has 0 spiro atoms. The van der Waals surface area contributed by atoms with Gasteiger partial charge < -0.3 is 14.6 Å². The van der Waals surface area contributed by atoms with Crippen molar-refractivity contribution in [3.63, 3.8) is 0 Å². The van der Waals surface area contributed by atoms with E-state index in [4.69, 9.17) is 20.9 Å². The molecule has 1 fully saturated rings. The third-order valence-corrected chi connectivity index (χ3v) is 7.68. The molecule has 2 aromatic carbocycles. The molecule has 0 saturated carbocycles. The van der Waals surface area contributed by atoms with Crippen molar-refractivity contribution in [2.75, 3.05) is 13.7 Å². The number of methoxy groups -OCH3 is 1. The first-order valence-corrected chi connectivity index (χ1v) is 12.7. The fourth-order valence-corrected chi connectivity index (χ4v) is 5.53. The van der Waals surface area contributed by atoms with Gasteiger partial charge in [0.1, 0.15) is 12.6 Å². The number of benzene rings is 2. The quantitative estimate of drug-likeness (QED) is 0.500. The lowest BCUT2D eigenvalue weighted by molar-refractivity contribution is -0.124. The fourth-order valence-electron chi connectivity index (χ4n) is 3.80. The number of carbonyl (C=O) groups is 1. The summed E-state index contributed by atoms with van der Waals surface area (Å²) in [5.41, 5.74) is 1.44. The van der Waals surface area contributed by atoms with Crippen LogP contribution in [-0.2, 0) is 32.7 Å². The number of hydrogen-bond donors (Lipinski definition) is 1. The normalized spacial score (nSPS) is 16.9. The highest BCUT2D eigenvalue weighted by atomic mass is 35.5. The first-order valence-electron chi connectivity index (χ1n) is 10.8. The van der Waals surface area contributed by atoms with Gasteiger partial charge in [-0.25, -0.2) is 8.42 Å². The third-order valence-electron chi connectivity index (χ3n) is 5.56. The van der Waals surface area contributed by atoms with Crippen LogP contribution < -0.4 is 5.32 Å². The molecule has 11 heteroatoms. The molecule has 2 heterocycles. The zero-order valence-corrected chi connectivity index (χ0v) is 20.2. The van der Waals surface area contributed by atoms with Gasteiger partial charge in [0.05, 0.1) is 4.90 Å². The molecule has 1 atom stereocenters. The Morgan fingerprint density at radius 2 is 1.88 bits per heavy atom. The number of aromatic nitrogens is 2. The van der Waals surface area contributed by atoms with Crippen molar-refractivity contribution >= 4 is 27.5 Å². The van der Waals surface area contributed by atoms with Crippen LogP contribution in [-0.4, -0.2) is 48.5 Å². The molecule has 0 bridgehead atoms. The van der Waals surface area contributed by atoms with Gasteiger partial charge in [-0.1, -0.05) is 41.0 Å². The van der Waals surface area contributed by atoms with Crippen LogP contribution in [0.5, 0.6) is 0 Å². The Kier molecular flexibility index (Phi) is 7.62. The van der Waals surface area contributed by atoms with Gasteiger partial charge in [0.25, 0.3) is 5.89 Å². The number of sulfonamides is 1. The highest BCUT2D eigenvalue weighted by Crippen LogP contribution is 2.27. The standard InChI is InChI=1S/C23H25ClN4O5S/c1-32-15-21-26-22(27-33-21)17-7-5-16(6-8-17)14-28(20-4-2-3-13-25-23(20)29)34(30,31)19-11-9-18(24)10-12-19/h5-12,20H,2-4,13-15H2,1H3,(H,25,29). The highest BCUT2D eigenvalue weighted by molar-refractivity contribution is 7.89. The van der Waals surface area contributed by atoms with Gasteiger partial charge in [0.2, 0.25) is 21.8 Å². The monoisotopic (exact) mass is 504 g/mol. The summed E-state index contributed by atoms with van der Waals surface area (Å²) < 4.78 is 38.6. The summed E-state index contributed by atoms with van der Waals surface area (Å²) in [4.78, 5) is 17.2. The van der Waals surface area contributed by atoms with Crippen LogP contribution in [0.2, 0.25) is 5.02 Å². The van der Waals surface area contributed by atoms with E-state index in [1.807, 2.05) is 0 Å². The van der Waals surface area contributed by atoms with Gasteiger partial charge in [0, 0.05) is 30.8 Å². The molecule has 180 valence electrons. The molecule has 0 radical (unpaired) electrons. The average Bonchev–Trinajstić information content (AvgIpc) is 3.19. The Bertz CT molecular complexity index is 1230. The lowest BCUT2D eigenvalue weighted by Gasteiger charge is -2.29. The molecule has 3 aromatic rings. The van der Waals surface area contributed by atoms with Crippen LogP contribution in [0.25, 0.3) is 11.4 Å². The molecule has 1 aliphatic heterocycles. The summed E-state index contributed by atoms with van der Waals surface area (Å²) in [6, 6.07) is 12.3. The number of rotatable bonds is 8. The van der Waals surface area contributed by atoms with Crippen molar-refractivity contribution in [1.29, 1.82) is 0 Å². The van der Waals surface area contributed by atoms with Gasteiger partial charge in [-0.3, -0.25) is 4.79 Å². The van der Waals surface area contributed by atoms with Crippen molar-refractivity contribution < 1.29 is 22.5 Å². The zero-order valence-electron chi connectivity index (χ0n) is 18.6. The maximum Gasteiger partial charge on any atom is 0.252 e. The number of amides is 1. The Labute approximate surface area is 203 Å². The van der Waals surface area contributed by atoms with Gasteiger partial charge in [-0.15, -0.1) is 0 Å². The Balaban J connectivity index is 1.63. The van der Waals surface area contributed by atoms with E-state index < -0.39 is 16.1 Å². The molecule has 1 unspecified atom stereocenters. The lowest BCUT2D eigenvalue weighted by Crippen LogP contribution is -2.48. The van der Waals surface area contributed by atoms with E-state index >= 15 is 0 Å². The van der Waals surface area contributed by atoms with E-state index in [2.05, 4.69) is 15.5 Å². The van der Waals surface area contributed by atoms with E-state index in [0.29, 0.717) is 35.3 Å². The van der Waals surface area contributed by atoms with Crippen molar-refractivity contribution in [3.05, 3.63) is 65.0 Å². The van der Waals surface area contributed by atoms with E-state index in [9.17, 15) is 13.2 Å². The van der Waals surface area contributed by atoms with Crippen LogP contribution in [0, 0.1) is 0 Å². The molecule has 1 saturated heterocycles. The maximum absolute atomic E-state index is 13.6. The maximum atomic E-state index is 13.6. The molecule has 1 N–H and O–H groups in total. The van der Waals surface area contributed by atoms with Crippen LogP contribution in [0.3, 0.4) is 0 Å². The molecular formula is C23H25ClN4O5S. The van der Waals surface area contributed by atoms with Crippen LogP contribution in [0.4, 0.5) is 0 Å². The van der Waals surface area contributed by atoms with Crippen LogP contribution >= 0.6 is 11.6 Å². The van der Waals surface area contributed by atoms with Gasteiger partial charge in [0.15, 0.2) is 0 Å². The number of ether oxygens (including phenoxy) is 1. The molecule has 1 aliphatic rings. The minimum atomic E-state index is -3.97. The Morgan fingerprint density at radius 1 is 1.15 bits per heavy atom. The first-order chi connectivity index (χ1) is 16.4. The summed E-state index contributed by atoms with van der Waals surface area (Å²) in [6.07, 6.45) is 2.00. The van der Waals surface area contributed by atoms with Gasteiger partial charge >= 0.3 is 0 Å². The largest absolute Gasteiger partial charge is 0.375 e. The SMILES string of the molecule is COCc1nc(-c2ccc(CN(C3CCCCNC3=O)S(=O)(=O)c3ccc(Cl)cc3)cc2)no1. The van der Waals surface area contributed by atoms with Crippen molar-refractivity contribution in [3.8, 4) is 11.4 Å². The first kappa shape index (κ1) is 24.3. The molecular weight excluding hydrogens is 480 g/mol. The van der Waals surface area contributed by atoms with Crippen molar-refractivity contribution in [1.82, 2.24) is 19.8 Å². The van der Waals surface area contributed by atoms with E-state index in [-0.39, 0.29) is 24.0 Å². The zero-order chi connectivity index (χ0) is 24.1. The minimum Gasteiger partial charge on any atom is -0.375 e. The van der Waals surface area contributed by atoms with E-state index in [1.165, 1.54) is 35.7 Å². The molecule has 34 heavy (non-hydrogen) atoms. The summed E-state index contributed by atoms with van der Waals surface area (Å²) in [5.74, 6) is 0.484. The highest BCUT2D eigenvalue weighted by Gasteiger charge is 2.36. The average molecular weight is 505 g/mol. The number of hydrogen-bond acceptors (Lipinski definition) is 7. The van der Waals surface area contributed by atoms with E-state index in [0.717, 1.165) is 18.4 Å². The molecule has 1 aromatic heterocycles.